The van der Waals surface area contributed by atoms with Crippen molar-refractivity contribution in [1.82, 2.24) is 4.98 Å². The van der Waals surface area contributed by atoms with Crippen LogP contribution in [0.4, 0.5) is 11.4 Å². The smallest absolute Gasteiger partial charge is 0.328 e. The van der Waals surface area contributed by atoms with Crippen LogP contribution in [0.2, 0.25) is 0 Å². The molecule has 0 unspecified atom stereocenters. The fourth-order valence-corrected chi connectivity index (χ4v) is 3.47. The molecule has 0 bridgehead atoms. The van der Waals surface area contributed by atoms with Gasteiger partial charge in [0.15, 0.2) is 5.69 Å². The van der Waals surface area contributed by atoms with Crippen LogP contribution in [0.3, 0.4) is 0 Å². The Labute approximate surface area is 219 Å². The van der Waals surface area contributed by atoms with Crippen LogP contribution in [0.15, 0.2) is 79.0 Å². The van der Waals surface area contributed by atoms with Gasteiger partial charge in [-0.15, -0.1) is 10.2 Å². The fraction of sp³-hybridized carbons (Fsp3) is 0.143. The second-order valence-electron chi connectivity index (χ2n) is 8.55. The minimum atomic E-state index is -4.94. The van der Waals surface area contributed by atoms with Crippen molar-refractivity contribution in [3.8, 4) is 0 Å². The molecule has 0 spiro atoms. The molecule has 0 N–H and O–H groups in total. The van der Waals surface area contributed by atoms with Crippen LogP contribution in [-0.4, -0.2) is 33.2 Å². The number of aromatic nitrogens is 2. The molecule has 0 aliphatic rings. The Morgan fingerprint density at radius 2 is 1.16 bits per heavy atom. The third-order valence-corrected chi connectivity index (χ3v) is 5.37. The SMILES string of the molecule is CN(C)c1ccc(/C=C\c2cc(/C=C/c3ccc(N(C)C)cc3)nc3cccc[n+]23)cc1.[O-][Cl+3]([O-])([O-])[O-]. The third kappa shape index (κ3) is 8.98. The molecule has 0 aliphatic carbocycles. The number of halogens is 1. The summed E-state index contributed by atoms with van der Waals surface area (Å²) >= 11 is 0. The maximum Gasteiger partial charge on any atom is 0.328 e. The summed E-state index contributed by atoms with van der Waals surface area (Å²) < 4.78 is 36.1. The topological polar surface area (TPSA) is 116 Å². The van der Waals surface area contributed by atoms with E-state index in [1.807, 2.05) is 38.5 Å². The molecular formula is C28H29ClN4O4. The molecule has 0 saturated carbocycles. The van der Waals surface area contributed by atoms with Crippen molar-refractivity contribution in [2.45, 2.75) is 0 Å². The van der Waals surface area contributed by atoms with Crippen molar-refractivity contribution in [3.05, 3.63) is 102 Å². The standard InChI is InChI=1S/C28H29N4.ClHO4/c1-30(2)25-15-9-22(10-16-25)8-14-24-21-27(32-20-6-5-7-28(32)29-24)19-13-23-11-17-26(18-12-23)31(3)4;2-1(3,4)5/h5-21H,1-4H3;(H,2,3,4,5)/q+1;/p-1. The maximum absolute atomic E-state index is 8.49. The summed E-state index contributed by atoms with van der Waals surface area (Å²) in [5.74, 6) is 0. The van der Waals surface area contributed by atoms with E-state index < -0.39 is 10.2 Å². The lowest BCUT2D eigenvalue weighted by Crippen LogP contribution is -2.68. The Morgan fingerprint density at radius 3 is 1.65 bits per heavy atom. The first-order chi connectivity index (χ1) is 17.5. The first-order valence-electron chi connectivity index (χ1n) is 11.3. The van der Waals surface area contributed by atoms with Gasteiger partial charge in [-0.1, -0.05) is 42.5 Å². The van der Waals surface area contributed by atoms with Crippen molar-refractivity contribution in [3.63, 3.8) is 0 Å². The molecule has 2 aromatic heterocycles. The molecule has 8 nitrogen and oxygen atoms in total. The molecule has 0 fully saturated rings. The molecule has 2 heterocycles. The number of fused-ring (bicyclic) bond motifs is 1. The lowest BCUT2D eigenvalue weighted by Gasteiger charge is -2.17. The molecule has 4 rings (SSSR count). The minimum Gasteiger partial charge on any atom is -0.378 e. The van der Waals surface area contributed by atoms with Crippen LogP contribution in [0.25, 0.3) is 30.0 Å². The second-order valence-corrected chi connectivity index (χ2v) is 9.31. The van der Waals surface area contributed by atoms with Crippen molar-refractivity contribution in [1.29, 1.82) is 0 Å². The van der Waals surface area contributed by atoms with E-state index in [0.717, 1.165) is 28.2 Å². The zero-order chi connectivity index (χ0) is 27.0. The third-order valence-electron chi connectivity index (χ3n) is 5.37. The van der Waals surface area contributed by atoms with Gasteiger partial charge in [-0.25, -0.2) is 18.6 Å². The highest BCUT2D eigenvalue weighted by atomic mass is 35.7. The zero-order valence-corrected chi connectivity index (χ0v) is 21.9. The van der Waals surface area contributed by atoms with E-state index in [-0.39, 0.29) is 0 Å². The van der Waals surface area contributed by atoms with Gasteiger partial charge in [0.2, 0.25) is 0 Å². The summed E-state index contributed by atoms with van der Waals surface area (Å²) in [6.07, 6.45) is 10.5. The summed E-state index contributed by atoms with van der Waals surface area (Å²) in [5.41, 5.74) is 7.61. The Balaban J connectivity index is 0.000000695. The summed E-state index contributed by atoms with van der Waals surface area (Å²) in [6.45, 7) is 0. The average Bonchev–Trinajstić information content (AvgIpc) is 2.85. The van der Waals surface area contributed by atoms with Gasteiger partial charge in [-0.3, -0.25) is 0 Å². The van der Waals surface area contributed by atoms with Gasteiger partial charge in [-0.05, 0) is 58.6 Å². The van der Waals surface area contributed by atoms with Gasteiger partial charge >= 0.3 is 5.65 Å². The lowest BCUT2D eigenvalue weighted by molar-refractivity contribution is -2.00. The Morgan fingerprint density at radius 1 is 0.676 bits per heavy atom. The van der Waals surface area contributed by atoms with Crippen molar-refractivity contribution >= 4 is 41.3 Å². The molecule has 0 aliphatic heterocycles. The highest BCUT2D eigenvalue weighted by Gasteiger charge is 2.10. The molecule has 0 saturated heterocycles. The molecule has 2 aromatic carbocycles. The maximum atomic E-state index is 8.49. The van der Waals surface area contributed by atoms with Gasteiger partial charge in [0.25, 0.3) is 0 Å². The molecule has 0 radical (unpaired) electrons. The van der Waals surface area contributed by atoms with Crippen LogP contribution < -0.4 is 32.8 Å². The van der Waals surface area contributed by atoms with Crippen LogP contribution in [0.5, 0.6) is 0 Å². The van der Waals surface area contributed by atoms with Gasteiger partial charge in [-0.2, -0.15) is 4.40 Å². The van der Waals surface area contributed by atoms with E-state index in [0.29, 0.717) is 0 Å². The van der Waals surface area contributed by atoms with E-state index in [2.05, 4.69) is 107 Å². The normalized spacial score (nSPS) is 11.6. The summed E-state index contributed by atoms with van der Waals surface area (Å²) in [6, 6.07) is 25.2. The molecule has 0 atom stereocenters. The number of hydrogen-bond donors (Lipinski definition) is 0. The van der Waals surface area contributed by atoms with E-state index in [4.69, 9.17) is 23.6 Å². The van der Waals surface area contributed by atoms with Crippen LogP contribution in [0.1, 0.15) is 22.5 Å². The lowest BCUT2D eigenvalue weighted by atomic mass is 10.1. The Kier molecular flexibility index (Phi) is 9.35. The minimum absolute atomic E-state index is 0.917. The number of benzene rings is 2. The highest BCUT2D eigenvalue weighted by Crippen LogP contribution is 2.16. The first kappa shape index (κ1) is 27.8. The fourth-order valence-electron chi connectivity index (χ4n) is 3.47. The molecule has 4 aromatic rings. The second kappa shape index (κ2) is 12.4. The molecule has 37 heavy (non-hydrogen) atoms. The largest absolute Gasteiger partial charge is 0.378 e. The number of nitrogens with zero attached hydrogens (tertiary/aromatic N) is 4. The first-order valence-corrected chi connectivity index (χ1v) is 12.6. The monoisotopic (exact) mass is 520 g/mol. The summed E-state index contributed by atoms with van der Waals surface area (Å²) in [4.78, 5) is 9.01. The Bertz CT molecular complexity index is 1360. The van der Waals surface area contributed by atoms with E-state index in [1.54, 1.807) is 0 Å². The quantitative estimate of drug-likeness (QED) is 0.341. The number of anilines is 2. The van der Waals surface area contributed by atoms with E-state index in [9.17, 15) is 0 Å². The van der Waals surface area contributed by atoms with Crippen LogP contribution in [0, 0.1) is 10.2 Å². The van der Waals surface area contributed by atoms with Crippen molar-refractivity contribution < 1.29 is 33.3 Å². The Hall–Kier alpha value is -3.79. The highest BCUT2D eigenvalue weighted by molar-refractivity contribution is 5.72. The predicted octanol–water partition coefficient (Wildman–Crippen LogP) is 0.537. The molecule has 192 valence electrons. The van der Waals surface area contributed by atoms with Gasteiger partial charge in [0.05, 0.1) is 6.20 Å². The average molecular weight is 521 g/mol. The van der Waals surface area contributed by atoms with Gasteiger partial charge in [0, 0.05) is 51.7 Å². The molecule has 9 heteroatoms. The zero-order valence-electron chi connectivity index (χ0n) is 21.1. The van der Waals surface area contributed by atoms with E-state index >= 15 is 0 Å². The number of hydrogen-bond acceptors (Lipinski definition) is 7. The summed E-state index contributed by atoms with van der Waals surface area (Å²) in [5, 5.41) is 0. The van der Waals surface area contributed by atoms with Crippen LogP contribution >= 0.6 is 0 Å². The van der Waals surface area contributed by atoms with E-state index in [1.165, 1.54) is 11.4 Å². The number of rotatable bonds is 6. The summed E-state index contributed by atoms with van der Waals surface area (Å²) in [7, 11) is 3.26. The molecule has 0 amide bonds. The van der Waals surface area contributed by atoms with Gasteiger partial charge in [0.1, 0.15) is 5.69 Å². The van der Waals surface area contributed by atoms with Crippen LogP contribution in [-0.2, 0) is 0 Å². The van der Waals surface area contributed by atoms with Crippen molar-refractivity contribution in [2.75, 3.05) is 38.0 Å². The van der Waals surface area contributed by atoms with Crippen molar-refractivity contribution in [2.24, 2.45) is 0 Å². The number of pyridine rings is 1. The predicted molar refractivity (Wildman–Crippen MR) is 137 cm³/mol. The van der Waals surface area contributed by atoms with Gasteiger partial charge < -0.3 is 9.80 Å². The molecular weight excluding hydrogens is 492 g/mol.